The molecule has 1 heterocycles. The fourth-order valence-corrected chi connectivity index (χ4v) is 4.15. The van der Waals surface area contributed by atoms with Gasteiger partial charge in [0, 0.05) is 17.3 Å². The Labute approximate surface area is 111 Å². The van der Waals surface area contributed by atoms with Crippen LogP contribution in [0.15, 0.2) is 0 Å². The molecule has 0 unspecified atom stereocenters. The van der Waals surface area contributed by atoms with Crippen LogP contribution in [0.4, 0.5) is 0 Å². The summed E-state index contributed by atoms with van der Waals surface area (Å²) in [6, 6.07) is 1.69. The fourth-order valence-electron chi connectivity index (χ4n) is 3.40. The molecule has 1 saturated heterocycles. The summed E-state index contributed by atoms with van der Waals surface area (Å²) >= 11 is 2.07. The zero-order chi connectivity index (χ0) is 12.1. The smallest absolute Gasteiger partial charge is 0.00960 e. The van der Waals surface area contributed by atoms with Crippen molar-refractivity contribution in [3.05, 3.63) is 0 Å². The largest absolute Gasteiger partial charge is 0.314 e. The van der Waals surface area contributed by atoms with E-state index in [4.69, 9.17) is 0 Å². The van der Waals surface area contributed by atoms with E-state index in [0.29, 0.717) is 0 Å². The summed E-state index contributed by atoms with van der Waals surface area (Å²) in [5.41, 5.74) is 0. The van der Waals surface area contributed by atoms with Crippen molar-refractivity contribution in [2.24, 2.45) is 0 Å². The highest BCUT2D eigenvalue weighted by Crippen LogP contribution is 2.30. The lowest BCUT2D eigenvalue weighted by Gasteiger charge is -2.40. The van der Waals surface area contributed by atoms with Crippen LogP contribution in [0.25, 0.3) is 0 Å². The van der Waals surface area contributed by atoms with Crippen LogP contribution in [0.3, 0.4) is 0 Å². The van der Waals surface area contributed by atoms with Crippen LogP contribution in [0.5, 0.6) is 0 Å². The van der Waals surface area contributed by atoms with E-state index in [1.807, 2.05) is 0 Å². The summed E-state index contributed by atoms with van der Waals surface area (Å²) in [5.74, 6) is 0. The van der Waals surface area contributed by atoms with Gasteiger partial charge in [0.05, 0.1) is 0 Å². The molecule has 1 aliphatic heterocycles. The van der Waals surface area contributed by atoms with Crippen LogP contribution in [-0.4, -0.2) is 48.1 Å². The molecule has 2 rings (SSSR count). The summed E-state index contributed by atoms with van der Waals surface area (Å²) in [6.45, 7) is 6.00. The van der Waals surface area contributed by atoms with Crippen LogP contribution in [0.2, 0.25) is 0 Å². The number of rotatable bonds is 4. The van der Waals surface area contributed by atoms with Gasteiger partial charge in [0.15, 0.2) is 0 Å². The van der Waals surface area contributed by atoms with Crippen LogP contribution in [0.1, 0.15) is 45.4 Å². The maximum absolute atomic E-state index is 3.59. The Morgan fingerprint density at radius 3 is 2.24 bits per heavy atom. The van der Waals surface area contributed by atoms with E-state index >= 15 is 0 Å². The van der Waals surface area contributed by atoms with Crippen molar-refractivity contribution in [3.63, 3.8) is 0 Å². The molecular formula is C14H28N2S. The van der Waals surface area contributed by atoms with Crippen molar-refractivity contribution in [2.75, 3.05) is 25.9 Å². The lowest BCUT2D eigenvalue weighted by Crippen LogP contribution is -2.47. The first-order valence-corrected chi connectivity index (χ1v) is 8.62. The first kappa shape index (κ1) is 13.7. The van der Waals surface area contributed by atoms with Gasteiger partial charge in [-0.15, -0.1) is 0 Å². The number of hydrogen-bond acceptors (Lipinski definition) is 3. The Kier molecular flexibility index (Phi) is 5.64. The molecule has 1 aliphatic carbocycles. The van der Waals surface area contributed by atoms with Gasteiger partial charge in [-0.25, -0.2) is 0 Å². The van der Waals surface area contributed by atoms with Gasteiger partial charge in [-0.3, -0.25) is 0 Å². The summed E-state index contributed by atoms with van der Waals surface area (Å²) < 4.78 is 0. The maximum atomic E-state index is 3.59. The van der Waals surface area contributed by atoms with Crippen molar-refractivity contribution in [2.45, 2.75) is 62.8 Å². The Morgan fingerprint density at radius 1 is 1.06 bits per heavy atom. The highest BCUT2D eigenvalue weighted by Gasteiger charge is 2.28. The molecule has 100 valence electrons. The molecule has 3 heteroatoms. The highest BCUT2D eigenvalue weighted by molar-refractivity contribution is 7.99. The van der Waals surface area contributed by atoms with Crippen molar-refractivity contribution >= 4 is 11.8 Å². The molecule has 17 heavy (non-hydrogen) atoms. The second kappa shape index (κ2) is 7.01. The number of nitrogens with one attached hydrogen (secondary N) is 1. The zero-order valence-corrected chi connectivity index (χ0v) is 12.3. The van der Waals surface area contributed by atoms with E-state index in [1.165, 1.54) is 51.6 Å². The van der Waals surface area contributed by atoms with E-state index < -0.39 is 0 Å². The van der Waals surface area contributed by atoms with Gasteiger partial charge < -0.3 is 10.2 Å². The lowest BCUT2D eigenvalue weighted by atomic mass is 9.91. The predicted octanol–water partition coefficient (Wildman–Crippen LogP) is 2.73. The van der Waals surface area contributed by atoms with E-state index in [0.717, 1.165) is 23.9 Å². The number of piperidine rings is 1. The first-order chi connectivity index (χ1) is 8.33. The maximum Gasteiger partial charge on any atom is 0.00960 e. The quantitative estimate of drug-likeness (QED) is 0.832. The third-order valence-electron chi connectivity index (χ3n) is 4.52. The van der Waals surface area contributed by atoms with Gasteiger partial charge in [-0.1, -0.05) is 6.92 Å². The second-order valence-electron chi connectivity index (χ2n) is 5.53. The van der Waals surface area contributed by atoms with Gasteiger partial charge in [-0.05, 0) is 64.4 Å². The van der Waals surface area contributed by atoms with Gasteiger partial charge in [0.25, 0.3) is 0 Å². The first-order valence-electron chi connectivity index (χ1n) is 7.33. The third kappa shape index (κ3) is 3.87. The molecule has 0 spiro atoms. The van der Waals surface area contributed by atoms with E-state index in [9.17, 15) is 0 Å². The summed E-state index contributed by atoms with van der Waals surface area (Å²) in [4.78, 5) is 2.77. The summed E-state index contributed by atoms with van der Waals surface area (Å²) in [6.07, 6.45) is 10.8. The average Bonchev–Trinajstić information content (AvgIpc) is 2.40. The Balaban J connectivity index is 1.70. The number of likely N-dealkylation sites (tertiary alicyclic amines) is 1. The molecule has 1 N–H and O–H groups in total. The standard InChI is InChI=1S/C14H28N2S/c1-3-15-12-8-10-16(11-9-12)13-4-6-14(17-2)7-5-13/h12-15H,3-11H2,1-2H3. The normalized spacial score (nSPS) is 32.8. The van der Waals surface area contributed by atoms with Crippen LogP contribution in [-0.2, 0) is 0 Å². The third-order valence-corrected chi connectivity index (χ3v) is 5.65. The predicted molar refractivity (Wildman–Crippen MR) is 77.8 cm³/mol. The minimum absolute atomic E-state index is 0.791. The van der Waals surface area contributed by atoms with Gasteiger partial charge in [-0.2, -0.15) is 11.8 Å². The highest BCUT2D eigenvalue weighted by atomic mass is 32.2. The lowest BCUT2D eigenvalue weighted by molar-refractivity contribution is 0.117. The zero-order valence-electron chi connectivity index (χ0n) is 11.5. The van der Waals surface area contributed by atoms with Crippen molar-refractivity contribution < 1.29 is 0 Å². The molecule has 0 atom stereocenters. The van der Waals surface area contributed by atoms with Gasteiger partial charge >= 0.3 is 0 Å². The van der Waals surface area contributed by atoms with Crippen molar-refractivity contribution in [3.8, 4) is 0 Å². The van der Waals surface area contributed by atoms with Gasteiger partial charge in [0.1, 0.15) is 0 Å². The molecule has 1 saturated carbocycles. The van der Waals surface area contributed by atoms with E-state index in [1.54, 1.807) is 0 Å². The molecule has 2 nitrogen and oxygen atoms in total. The topological polar surface area (TPSA) is 15.3 Å². The Bertz CT molecular complexity index is 206. The van der Waals surface area contributed by atoms with E-state index in [2.05, 4.69) is 35.2 Å². The molecule has 2 fully saturated rings. The number of nitrogens with zero attached hydrogens (tertiary/aromatic N) is 1. The van der Waals surface area contributed by atoms with Crippen molar-refractivity contribution in [1.29, 1.82) is 0 Å². The number of thioether (sulfide) groups is 1. The van der Waals surface area contributed by atoms with E-state index in [-0.39, 0.29) is 0 Å². The van der Waals surface area contributed by atoms with Crippen molar-refractivity contribution in [1.82, 2.24) is 10.2 Å². The van der Waals surface area contributed by atoms with Gasteiger partial charge in [0.2, 0.25) is 0 Å². The Hall–Kier alpha value is 0.270. The molecular weight excluding hydrogens is 228 g/mol. The molecule has 0 radical (unpaired) electrons. The van der Waals surface area contributed by atoms with Crippen LogP contribution >= 0.6 is 11.8 Å². The monoisotopic (exact) mass is 256 g/mol. The average molecular weight is 256 g/mol. The number of hydrogen-bond donors (Lipinski definition) is 1. The molecule has 0 amide bonds. The fraction of sp³-hybridized carbons (Fsp3) is 1.00. The minimum atomic E-state index is 0.791. The molecule has 2 aliphatic rings. The summed E-state index contributed by atoms with van der Waals surface area (Å²) in [7, 11) is 0. The molecule has 0 bridgehead atoms. The Morgan fingerprint density at radius 2 is 1.71 bits per heavy atom. The molecule has 0 aromatic heterocycles. The molecule has 0 aromatic rings. The summed E-state index contributed by atoms with van der Waals surface area (Å²) in [5, 5.41) is 4.54. The second-order valence-corrected chi connectivity index (χ2v) is 6.67. The van der Waals surface area contributed by atoms with Crippen LogP contribution < -0.4 is 5.32 Å². The SMILES string of the molecule is CCNC1CCN(C2CCC(SC)CC2)CC1. The van der Waals surface area contributed by atoms with Crippen LogP contribution in [0, 0.1) is 0 Å². The minimum Gasteiger partial charge on any atom is -0.314 e. The molecule has 0 aromatic carbocycles.